The fraction of sp³-hybridized carbons (Fsp3) is 0.200. The molecule has 0 aliphatic heterocycles. The number of benzene rings is 2. The Labute approximate surface area is 188 Å². The third-order valence-corrected chi connectivity index (χ3v) is 7.35. The van der Waals surface area contributed by atoms with Crippen LogP contribution in [-0.2, 0) is 10.0 Å². The SMILES string of the molecule is N#CCCN(CCC#N)S(=O)(=O)c1ccc(C(=O)Nc2nc3ccc(Cl)cc3s2)cc1. The molecule has 0 aliphatic rings. The molecule has 1 heterocycles. The number of carbonyl (C=O) groups excluding carboxylic acids is 1. The molecule has 0 unspecified atom stereocenters. The Morgan fingerprint density at radius 1 is 1.10 bits per heavy atom. The molecule has 3 aromatic rings. The molecule has 31 heavy (non-hydrogen) atoms. The zero-order valence-electron chi connectivity index (χ0n) is 16.1. The third kappa shape index (κ3) is 5.37. The minimum absolute atomic E-state index is 0.00955. The predicted molar refractivity (Wildman–Crippen MR) is 118 cm³/mol. The summed E-state index contributed by atoms with van der Waals surface area (Å²) in [7, 11) is -3.89. The highest BCUT2D eigenvalue weighted by molar-refractivity contribution is 7.89. The summed E-state index contributed by atoms with van der Waals surface area (Å²) >= 11 is 7.24. The lowest BCUT2D eigenvalue weighted by Crippen LogP contribution is -2.32. The van der Waals surface area contributed by atoms with Crippen LogP contribution in [0.5, 0.6) is 0 Å². The average Bonchev–Trinajstić information content (AvgIpc) is 3.15. The van der Waals surface area contributed by atoms with Gasteiger partial charge in [0.15, 0.2) is 5.13 Å². The van der Waals surface area contributed by atoms with E-state index in [9.17, 15) is 13.2 Å². The van der Waals surface area contributed by atoms with Gasteiger partial charge in [-0.1, -0.05) is 22.9 Å². The highest BCUT2D eigenvalue weighted by Gasteiger charge is 2.24. The highest BCUT2D eigenvalue weighted by Crippen LogP contribution is 2.28. The monoisotopic (exact) mass is 473 g/mol. The number of amides is 1. The average molecular weight is 474 g/mol. The van der Waals surface area contributed by atoms with Gasteiger partial charge in [0.25, 0.3) is 5.91 Å². The van der Waals surface area contributed by atoms with Crippen molar-refractivity contribution in [2.45, 2.75) is 17.7 Å². The molecule has 0 spiro atoms. The topological polar surface area (TPSA) is 127 Å². The van der Waals surface area contributed by atoms with E-state index in [2.05, 4.69) is 10.3 Å². The van der Waals surface area contributed by atoms with Crippen molar-refractivity contribution < 1.29 is 13.2 Å². The van der Waals surface area contributed by atoms with E-state index in [0.29, 0.717) is 15.7 Å². The molecule has 1 N–H and O–H groups in total. The first-order chi connectivity index (χ1) is 14.8. The number of sulfonamides is 1. The summed E-state index contributed by atoms with van der Waals surface area (Å²) in [4.78, 5) is 16.8. The van der Waals surface area contributed by atoms with Crippen LogP contribution in [0.15, 0.2) is 47.4 Å². The summed E-state index contributed by atoms with van der Waals surface area (Å²) in [6, 6.07) is 14.5. The number of anilines is 1. The van der Waals surface area contributed by atoms with Gasteiger partial charge in [-0.2, -0.15) is 14.8 Å². The van der Waals surface area contributed by atoms with Gasteiger partial charge in [-0.05, 0) is 42.5 Å². The number of nitrogens with zero attached hydrogens (tertiary/aromatic N) is 4. The number of halogens is 1. The normalized spacial score (nSPS) is 11.2. The largest absolute Gasteiger partial charge is 0.298 e. The van der Waals surface area contributed by atoms with Gasteiger partial charge in [0.1, 0.15) is 0 Å². The minimum atomic E-state index is -3.89. The van der Waals surface area contributed by atoms with Crippen molar-refractivity contribution in [1.29, 1.82) is 10.5 Å². The Hall–Kier alpha value is -3.02. The molecular weight excluding hydrogens is 458 g/mol. The number of aromatic nitrogens is 1. The van der Waals surface area contributed by atoms with Crippen LogP contribution in [0, 0.1) is 22.7 Å². The van der Waals surface area contributed by atoms with Gasteiger partial charge in [-0.15, -0.1) is 0 Å². The molecule has 2 aromatic carbocycles. The molecule has 1 aromatic heterocycles. The zero-order valence-corrected chi connectivity index (χ0v) is 18.5. The number of hydrogen-bond donors (Lipinski definition) is 1. The van der Waals surface area contributed by atoms with E-state index in [1.807, 2.05) is 12.1 Å². The molecule has 0 radical (unpaired) electrons. The molecule has 0 aliphatic carbocycles. The van der Waals surface area contributed by atoms with Crippen LogP contribution in [0.2, 0.25) is 5.02 Å². The molecule has 158 valence electrons. The van der Waals surface area contributed by atoms with Crippen molar-refractivity contribution >= 4 is 54.2 Å². The number of rotatable bonds is 8. The zero-order chi connectivity index (χ0) is 22.4. The second-order valence-corrected chi connectivity index (χ2v) is 9.73. The van der Waals surface area contributed by atoms with Gasteiger partial charge in [0, 0.05) is 36.5 Å². The van der Waals surface area contributed by atoms with Gasteiger partial charge < -0.3 is 0 Å². The van der Waals surface area contributed by atoms with Crippen LogP contribution in [-0.4, -0.2) is 36.7 Å². The maximum absolute atomic E-state index is 12.8. The number of fused-ring (bicyclic) bond motifs is 1. The Balaban J connectivity index is 1.76. The predicted octanol–water partition coefficient (Wildman–Crippen LogP) is 4.02. The summed E-state index contributed by atoms with van der Waals surface area (Å²) in [6.07, 6.45) is 0.0249. The van der Waals surface area contributed by atoms with E-state index < -0.39 is 15.9 Å². The lowest BCUT2D eigenvalue weighted by molar-refractivity contribution is 0.102. The van der Waals surface area contributed by atoms with Crippen molar-refractivity contribution in [2.75, 3.05) is 18.4 Å². The van der Waals surface area contributed by atoms with Crippen molar-refractivity contribution in [1.82, 2.24) is 9.29 Å². The smallest absolute Gasteiger partial charge is 0.257 e. The molecule has 3 rings (SSSR count). The molecule has 0 fully saturated rings. The third-order valence-electron chi connectivity index (χ3n) is 4.27. The molecule has 1 amide bonds. The first kappa shape index (κ1) is 22.7. The number of nitriles is 2. The Morgan fingerprint density at radius 3 is 2.35 bits per heavy atom. The second-order valence-electron chi connectivity index (χ2n) is 6.33. The van der Waals surface area contributed by atoms with Crippen LogP contribution in [0.1, 0.15) is 23.2 Å². The van der Waals surface area contributed by atoms with Crippen LogP contribution in [0.25, 0.3) is 10.2 Å². The molecule has 8 nitrogen and oxygen atoms in total. The minimum Gasteiger partial charge on any atom is -0.298 e. The lowest BCUT2D eigenvalue weighted by Gasteiger charge is -2.20. The van der Waals surface area contributed by atoms with E-state index >= 15 is 0 Å². The fourth-order valence-electron chi connectivity index (χ4n) is 2.75. The molecule has 11 heteroatoms. The van der Waals surface area contributed by atoms with E-state index in [1.165, 1.54) is 35.6 Å². The van der Waals surface area contributed by atoms with Crippen LogP contribution < -0.4 is 5.32 Å². The molecule has 0 saturated carbocycles. The summed E-state index contributed by atoms with van der Waals surface area (Å²) in [6.45, 7) is -0.0191. The number of thiazole rings is 1. The molecule has 0 saturated heterocycles. The van der Waals surface area contributed by atoms with Gasteiger partial charge in [0.05, 0.1) is 27.3 Å². The van der Waals surface area contributed by atoms with Gasteiger partial charge >= 0.3 is 0 Å². The van der Waals surface area contributed by atoms with Gasteiger partial charge in [-0.3, -0.25) is 10.1 Å². The van der Waals surface area contributed by atoms with Gasteiger partial charge in [-0.25, -0.2) is 13.4 Å². The van der Waals surface area contributed by atoms with E-state index in [-0.39, 0.29) is 36.4 Å². The molecule has 0 atom stereocenters. The lowest BCUT2D eigenvalue weighted by atomic mass is 10.2. The first-order valence-corrected chi connectivity index (χ1v) is 11.7. The van der Waals surface area contributed by atoms with Gasteiger partial charge in [0.2, 0.25) is 10.0 Å². The quantitative estimate of drug-likeness (QED) is 0.526. The van der Waals surface area contributed by atoms with Crippen molar-refractivity contribution in [3.05, 3.63) is 53.1 Å². The van der Waals surface area contributed by atoms with E-state index in [1.54, 1.807) is 18.2 Å². The molecular formula is C20H16ClN5O3S2. The maximum atomic E-state index is 12.8. The summed E-state index contributed by atoms with van der Waals surface area (Å²) in [5.41, 5.74) is 0.970. The first-order valence-electron chi connectivity index (χ1n) is 9.06. The summed E-state index contributed by atoms with van der Waals surface area (Å²) in [5, 5.41) is 21.2. The van der Waals surface area contributed by atoms with Crippen LogP contribution in [0.4, 0.5) is 5.13 Å². The van der Waals surface area contributed by atoms with Crippen LogP contribution in [0.3, 0.4) is 0 Å². The van der Waals surface area contributed by atoms with Crippen molar-refractivity contribution in [3.8, 4) is 12.1 Å². The Kier molecular flexibility index (Phi) is 7.21. The Morgan fingerprint density at radius 2 is 1.74 bits per heavy atom. The second kappa shape index (κ2) is 9.86. The number of carbonyl (C=O) groups is 1. The van der Waals surface area contributed by atoms with E-state index in [4.69, 9.17) is 22.1 Å². The van der Waals surface area contributed by atoms with Crippen molar-refractivity contribution in [3.63, 3.8) is 0 Å². The fourth-order valence-corrected chi connectivity index (χ4v) is 5.33. The van der Waals surface area contributed by atoms with E-state index in [0.717, 1.165) is 9.01 Å². The number of hydrogen-bond acceptors (Lipinski definition) is 7. The summed E-state index contributed by atoms with van der Waals surface area (Å²) < 4.78 is 27.6. The van der Waals surface area contributed by atoms with Crippen LogP contribution >= 0.6 is 22.9 Å². The summed E-state index contributed by atoms with van der Waals surface area (Å²) in [5.74, 6) is -0.431. The molecule has 0 bridgehead atoms. The maximum Gasteiger partial charge on any atom is 0.257 e. The highest BCUT2D eigenvalue weighted by atomic mass is 35.5. The Bertz CT molecular complexity index is 1270. The van der Waals surface area contributed by atoms with Crippen molar-refractivity contribution in [2.24, 2.45) is 0 Å². The number of nitrogens with one attached hydrogen (secondary N) is 1. The standard InChI is InChI=1S/C20H16ClN5O3S2/c21-15-5-8-17-18(13-15)30-20(24-17)25-19(27)14-3-6-16(7-4-14)31(28,29)26(11-1-9-22)12-2-10-23/h3-8,13H,1-2,11-12H2,(H,24,25,27).